The predicted molar refractivity (Wildman–Crippen MR) is 114 cm³/mol. The SMILES string of the molecule is O=C(O)c1ccnc(-c2cc3ccn(CCCCCc4ccccc4)c3cn2)c1. The number of unbranched alkanes of at least 4 members (excludes halogenated alkanes) is 2. The molecule has 5 heteroatoms. The Morgan fingerprint density at radius 2 is 1.76 bits per heavy atom. The normalized spacial score (nSPS) is 11.0. The van der Waals surface area contributed by atoms with E-state index in [0.717, 1.165) is 30.3 Å². The molecule has 5 nitrogen and oxygen atoms in total. The van der Waals surface area contributed by atoms with Gasteiger partial charge in [0.1, 0.15) is 0 Å². The molecule has 29 heavy (non-hydrogen) atoms. The molecule has 3 aromatic heterocycles. The number of pyridine rings is 2. The van der Waals surface area contributed by atoms with Crippen LogP contribution < -0.4 is 0 Å². The first-order chi connectivity index (χ1) is 14.2. The number of hydrogen-bond acceptors (Lipinski definition) is 3. The summed E-state index contributed by atoms with van der Waals surface area (Å²) in [5.74, 6) is -0.965. The quantitative estimate of drug-likeness (QED) is 0.423. The number of nitrogens with zero attached hydrogens (tertiary/aromatic N) is 3. The zero-order chi connectivity index (χ0) is 20.1. The third-order valence-corrected chi connectivity index (χ3v) is 5.13. The Hall–Kier alpha value is -3.47. The molecular formula is C24H23N3O2. The van der Waals surface area contributed by atoms with Gasteiger partial charge in [-0.15, -0.1) is 0 Å². The maximum Gasteiger partial charge on any atom is 0.335 e. The molecule has 0 saturated carbocycles. The van der Waals surface area contributed by atoms with Crippen LogP contribution >= 0.6 is 0 Å². The summed E-state index contributed by atoms with van der Waals surface area (Å²) in [4.78, 5) is 20.0. The first-order valence-corrected chi connectivity index (χ1v) is 9.89. The fraction of sp³-hybridized carbons (Fsp3) is 0.208. The lowest BCUT2D eigenvalue weighted by molar-refractivity contribution is 0.0697. The van der Waals surface area contributed by atoms with Gasteiger partial charge in [-0.25, -0.2) is 4.79 Å². The molecule has 0 aliphatic heterocycles. The number of aryl methyl sites for hydroxylation is 2. The van der Waals surface area contributed by atoms with E-state index in [4.69, 9.17) is 5.11 Å². The fourth-order valence-corrected chi connectivity index (χ4v) is 3.56. The minimum absolute atomic E-state index is 0.213. The monoisotopic (exact) mass is 385 g/mol. The third-order valence-electron chi connectivity index (χ3n) is 5.13. The van der Waals surface area contributed by atoms with E-state index in [-0.39, 0.29) is 5.56 Å². The molecule has 0 spiro atoms. The van der Waals surface area contributed by atoms with Gasteiger partial charge in [0.25, 0.3) is 0 Å². The average molecular weight is 385 g/mol. The van der Waals surface area contributed by atoms with Crippen molar-refractivity contribution in [1.29, 1.82) is 0 Å². The van der Waals surface area contributed by atoms with E-state index < -0.39 is 5.97 Å². The summed E-state index contributed by atoms with van der Waals surface area (Å²) in [7, 11) is 0. The van der Waals surface area contributed by atoms with Crippen LogP contribution in [0.25, 0.3) is 22.3 Å². The molecule has 1 N–H and O–H groups in total. The van der Waals surface area contributed by atoms with E-state index in [9.17, 15) is 4.79 Å². The first-order valence-electron chi connectivity index (χ1n) is 9.89. The fourth-order valence-electron chi connectivity index (χ4n) is 3.56. The third kappa shape index (κ3) is 4.51. The Morgan fingerprint density at radius 3 is 2.59 bits per heavy atom. The van der Waals surface area contributed by atoms with Gasteiger partial charge >= 0.3 is 5.97 Å². The van der Waals surface area contributed by atoms with E-state index in [1.165, 1.54) is 30.7 Å². The molecule has 0 fully saturated rings. The minimum atomic E-state index is -0.965. The molecule has 146 valence electrons. The lowest BCUT2D eigenvalue weighted by atomic mass is 10.1. The van der Waals surface area contributed by atoms with E-state index in [0.29, 0.717) is 11.4 Å². The van der Waals surface area contributed by atoms with Crippen LogP contribution in [-0.2, 0) is 13.0 Å². The van der Waals surface area contributed by atoms with Crippen LogP contribution in [0.1, 0.15) is 35.2 Å². The van der Waals surface area contributed by atoms with Crippen LogP contribution in [0.15, 0.2) is 73.2 Å². The van der Waals surface area contributed by atoms with Crippen LogP contribution in [0, 0.1) is 0 Å². The molecule has 0 bridgehead atoms. The maximum absolute atomic E-state index is 11.2. The van der Waals surface area contributed by atoms with Gasteiger partial charge in [0.15, 0.2) is 0 Å². The molecule has 4 rings (SSSR count). The highest BCUT2D eigenvalue weighted by Gasteiger charge is 2.09. The Balaban J connectivity index is 1.39. The summed E-state index contributed by atoms with van der Waals surface area (Å²) in [5.41, 5.74) is 3.95. The van der Waals surface area contributed by atoms with Crippen LogP contribution in [0.4, 0.5) is 0 Å². The number of rotatable bonds is 8. The van der Waals surface area contributed by atoms with Gasteiger partial charge in [0.2, 0.25) is 0 Å². The molecule has 1 aromatic carbocycles. The van der Waals surface area contributed by atoms with Crippen LogP contribution in [0.2, 0.25) is 0 Å². The number of aromatic carboxylic acids is 1. The number of fused-ring (bicyclic) bond motifs is 1. The summed E-state index contributed by atoms with van der Waals surface area (Å²) >= 11 is 0. The molecular weight excluding hydrogens is 362 g/mol. The highest BCUT2D eigenvalue weighted by atomic mass is 16.4. The van der Waals surface area contributed by atoms with Crippen molar-refractivity contribution >= 4 is 16.9 Å². The van der Waals surface area contributed by atoms with Crippen molar-refractivity contribution in [2.45, 2.75) is 32.2 Å². The maximum atomic E-state index is 11.2. The number of carbonyl (C=O) groups is 1. The van der Waals surface area contributed by atoms with Crippen molar-refractivity contribution in [3.63, 3.8) is 0 Å². The van der Waals surface area contributed by atoms with Crippen molar-refractivity contribution in [1.82, 2.24) is 14.5 Å². The second kappa shape index (κ2) is 8.69. The van der Waals surface area contributed by atoms with Gasteiger partial charge in [0, 0.05) is 24.3 Å². The van der Waals surface area contributed by atoms with E-state index in [2.05, 4.69) is 57.1 Å². The number of carboxylic acids is 1. The molecule has 0 amide bonds. The first kappa shape index (κ1) is 18.9. The van der Waals surface area contributed by atoms with Gasteiger partial charge in [-0.1, -0.05) is 36.8 Å². The summed E-state index contributed by atoms with van der Waals surface area (Å²) in [6, 6.07) is 17.7. The van der Waals surface area contributed by atoms with E-state index in [1.807, 2.05) is 12.3 Å². The van der Waals surface area contributed by atoms with Gasteiger partial charge < -0.3 is 9.67 Å². The smallest absolute Gasteiger partial charge is 0.335 e. The lowest BCUT2D eigenvalue weighted by Gasteiger charge is -2.07. The lowest BCUT2D eigenvalue weighted by Crippen LogP contribution is -1.99. The van der Waals surface area contributed by atoms with Gasteiger partial charge in [-0.3, -0.25) is 9.97 Å². The number of benzene rings is 1. The van der Waals surface area contributed by atoms with Crippen molar-refractivity contribution < 1.29 is 9.90 Å². The highest BCUT2D eigenvalue weighted by molar-refractivity contribution is 5.89. The molecule has 0 radical (unpaired) electrons. The largest absolute Gasteiger partial charge is 0.478 e. The van der Waals surface area contributed by atoms with Crippen LogP contribution in [-0.4, -0.2) is 25.6 Å². The summed E-state index contributed by atoms with van der Waals surface area (Å²) in [5, 5.41) is 10.3. The predicted octanol–water partition coefficient (Wildman–Crippen LogP) is 5.21. The number of aromatic nitrogens is 3. The van der Waals surface area contributed by atoms with Crippen LogP contribution in [0.3, 0.4) is 0 Å². The van der Waals surface area contributed by atoms with Crippen molar-refractivity contribution in [3.05, 3.63) is 84.3 Å². The van der Waals surface area contributed by atoms with Crippen molar-refractivity contribution in [2.24, 2.45) is 0 Å². The van der Waals surface area contributed by atoms with Gasteiger partial charge in [-0.05, 0) is 49.1 Å². The number of carboxylic acid groups (broad SMARTS) is 1. The summed E-state index contributed by atoms with van der Waals surface area (Å²) in [6.45, 7) is 0.964. The molecule has 0 aliphatic rings. The Kier molecular flexibility index (Phi) is 5.66. The average Bonchev–Trinajstić information content (AvgIpc) is 3.16. The molecule has 4 aromatic rings. The summed E-state index contributed by atoms with van der Waals surface area (Å²) < 4.78 is 2.23. The molecule has 3 heterocycles. The minimum Gasteiger partial charge on any atom is -0.478 e. The Bertz CT molecular complexity index is 1120. The zero-order valence-corrected chi connectivity index (χ0v) is 16.2. The molecule has 0 unspecified atom stereocenters. The molecule has 0 saturated heterocycles. The summed E-state index contributed by atoms with van der Waals surface area (Å²) in [6.07, 6.45) is 10.1. The van der Waals surface area contributed by atoms with Crippen LogP contribution in [0.5, 0.6) is 0 Å². The molecule has 0 aliphatic carbocycles. The van der Waals surface area contributed by atoms with Crippen molar-refractivity contribution in [2.75, 3.05) is 0 Å². The zero-order valence-electron chi connectivity index (χ0n) is 16.2. The standard InChI is InChI=1S/C24H23N3O2/c28-24(29)20-10-12-25-21(16-20)22-15-19-11-14-27(23(19)17-26-22)13-6-2-5-9-18-7-3-1-4-8-18/h1,3-4,7-8,10-12,14-17H,2,5-6,9,13H2,(H,28,29). The van der Waals surface area contributed by atoms with Crippen molar-refractivity contribution in [3.8, 4) is 11.4 Å². The molecule has 0 atom stereocenters. The van der Waals surface area contributed by atoms with Gasteiger partial charge in [-0.2, -0.15) is 0 Å². The topological polar surface area (TPSA) is 68.0 Å². The second-order valence-electron chi connectivity index (χ2n) is 7.17. The van der Waals surface area contributed by atoms with E-state index >= 15 is 0 Å². The highest BCUT2D eigenvalue weighted by Crippen LogP contribution is 2.22. The van der Waals surface area contributed by atoms with E-state index in [1.54, 1.807) is 6.07 Å². The second-order valence-corrected chi connectivity index (χ2v) is 7.17. The Morgan fingerprint density at radius 1 is 0.931 bits per heavy atom. The Labute approximate surface area is 169 Å². The van der Waals surface area contributed by atoms with Gasteiger partial charge in [0.05, 0.1) is 28.7 Å². The number of hydrogen-bond donors (Lipinski definition) is 1.